The molecule has 0 aliphatic carbocycles. The van der Waals surface area contributed by atoms with Crippen LogP contribution in [0.1, 0.15) is 21.6 Å². The molecule has 0 saturated carbocycles. The van der Waals surface area contributed by atoms with E-state index in [1.165, 1.54) is 0 Å². The van der Waals surface area contributed by atoms with Crippen LogP contribution in [0, 0.1) is 0 Å². The molecule has 112 valence electrons. The zero-order valence-corrected chi connectivity index (χ0v) is 10.6. The van der Waals surface area contributed by atoms with Crippen molar-refractivity contribution in [2.24, 2.45) is 0 Å². The van der Waals surface area contributed by atoms with Gasteiger partial charge in [-0.2, -0.15) is 13.2 Å². The third kappa shape index (κ3) is 4.14. The van der Waals surface area contributed by atoms with Gasteiger partial charge in [0.05, 0.1) is 5.56 Å². The molecule has 3 nitrogen and oxygen atoms in total. The molecule has 0 aliphatic rings. The Morgan fingerprint density at radius 3 is 2.15 bits per heavy atom. The molecular weight excluding hydrogens is 339 g/mol. The summed E-state index contributed by atoms with van der Waals surface area (Å²) in [5.41, 5.74) is -3.81. The van der Waals surface area contributed by atoms with E-state index in [1.54, 1.807) is 0 Å². The zero-order valence-electron chi connectivity index (χ0n) is 9.07. The Morgan fingerprint density at radius 2 is 1.80 bits per heavy atom. The molecular formula is C9H3Cl2F6NO2. The molecule has 0 aliphatic heterocycles. The molecule has 1 rings (SSSR count). The highest BCUT2D eigenvalue weighted by Crippen LogP contribution is 2.37. The Morgan fingerprint density at radius 1 is 1.25 bits per heavy atom. The van der Waals surface area contributed by atoms with Crippen molar-refractivity contribution in [3.8, 4) is 5.88 Å². The number of aromatic nitrogens is 1. The summed E-state index contributed by atoms with van der Waals surface area (Å²) in [6.45, 7) is 0. The summed E-state index contributed by atoms with van der Waals surface area (Å²) in [6.07, 6.45) is -10.3. The predicted molar refractivity (Wildman–Crippen MR) is 55.7 cm³/mol. The van der Waals surface area contributed by atoms with E-state index in [0.717, 1.165) is 0 Å². The molecule has 0 bridgehead atoms. The molecule has 11 heteroatoms. The van der Waals surface area contributed by atoms with Gasteiger partial charge < -0.3 is 4.74 Å². The van der Waals surface area contributed by atoms with Gasteiger partial charge in [-0.15, -0.1) is 24.8 Å². The largest absolute Gasteiger partial charge is 0.574 e. The van der Waals surface area contributed by atoms with Gasteiger partial charge in [-0.25, -0.2) is 4.98 Å². The highest BCUT2D eigenvalue weighted by Gasteiger charge is 2.40. The van der Waals surface area contributed by atoms with Crippen LogP contribution in [0.25, 0.3) is 0 Å². The first-order chi connectivity index (χ1) is 8.95. The number of pyridine rings is 1. The van der Waals surface area contributed by atoms with E-state index in [-0.39, 0.29) is 0 Å². The highest BCUT2D eigenvalue weighted by molar-refractivity contribution is 6.67. The number of hydrogen-bond donors (Lipinski definition) is 0. The molecule has 0 aromatic carbocycles. The van der Waals surface area contributed by atoms with Crippen molar-refractivity contribution in [3.63, 3.8) is 0 Å². The summed E-state index contributed by atoms with van der Waals surface area (Å²) in [5.74, 6) is -2.08. The van der Waals surface area contributed by atoms with Crippen LogP contribution in [0.15, 0.2) is 6.07 Å². The Bertz CT molecular complexity index is 528. The molecule has 0 fully saturated rings. The van der Waals surface area contributed by atoms with E-state index in [2.05, 4.69) is 9.72 Å². The number of nitrogens with zero attached hydrogens (tertiary/aromatic N) is 1. The average molecular weight is 342 g/mol. The summed E-state index contributed by atoms with van der Waals surface area (Å²) in [5, 5.41) is -1.68. The van der Waals surface area contributed by atoms with Gasteiger partial charge in [0.15, 0.2) is 0 Å². The molecule has 0 unspecified atom stereocenters. The molecule has 1 aromatic rings. The second-order valence-corrected chi connectivity index (χ2v) is 3.91. The van der Waals surface area contributed by atoms with Crippen molar-refractivity contribution in [1.82, 2.24) is 4.98 Å². The Labute approximate surface area is 117 Å². The Balaban J connectivity index is 3.51. The van der Waals surface area contributed by atoms with Crippen LogP contribution in [0.2, 0.25) is 0 Å². The summed E-state index contributed by atoms with van der Waals surface area (Å²) in [4.78, 5) is 13.8. The fourth-order valence-corrected chi connectivity index (χ4v) is 1.65. The normalized spacial score (nSPS) is 12.4. The summed E-state index contributed by atoms with van der Waals surface area (Å²) in [7, 11) is 0. The lowest BCUT2D eigenvalue weighted by molar-refractivity contribution is -0.276. The van der Waals surface area contributed by atoms with Crippen LogP contribution in [-0.2, 0) is 12.1 Å². The van der Waals surface area contributed by atoms with E-state index in [9.17, 15) is 31.1 Å². The van der Waals surface area contributed by atoms with Crippen LogP contribution in [0.3, 0.4) is 0 Å². The molecule has 0 amide bonds. The lowest BCUT2D eigenvalue weighted by atomic mass is 10.1. The van der Waals surface area contributed by atoms with Gasteiger partial charge in [0.1, 0.15) is 5.69 Å². The molecule has 0 saturated heterocycles. The van der Waals surface area contributed by atoms with Crippen molar-refractivity contribution in [2.75, 3.05) is 0 Å². The number of carbonyl (C=O) groups excluding carboxylic acids is 1. The van der Waals surface area contributed by atoms with E-state index in [1.807, 2.05) is 0 Å². The number of ether oxygens (including phenoxy) is 1. The predicted octanol–water partition coefficient (Wildman–Crippen LogP) is 4.12. The third-order valence-electron chi connectivity index (χ3n) is 1.91. The minimum absolute atomic E-state index is 0.340. The second kappa shape index (κ2) is 5.65. The topological polar surface area (TPSA) is 39.2 Å². The number of halogens is 8. The van der Waals surface area contributed by atoms with Crippen molar-refractivity contribution >= 4 is 28.4 Å². The van der Waals surface area contributed by atoms with Crippen molar-refractivity contribution < 1.29 is 35.9 Å². The van der Waals surface area contributed by atoms with E-state index >= 15 is 0 Å². The molecule has 1 aromatic heterocycles. The maximum absolute atomic E-state index is 12.8. The average Bonchev–Trinajstić information content (AvgIpc) is 2.23. The first-order valence-corrected chi connectivity index (χ1v) is 5.49. The third-order valence-corrected chi connectivity index (χ3v) is 2.38. The second-order valence-electron chi connectivity index (χ2n) is 3.30. The van der Waals surface area contributed by atoms with Crippen molar-refractivity contribution in [3.05, 3.63) is 22.9 Å². The fraction of sp³-hybridized carbons (Fsp3) is 0.333. The molecule has 0 radical (unpaired) electrons. The standard InChI is InChI=1S/C9H3Cl2F6NO2/c10-2-3-1-4(20-9(15,16)17)18-6(7(11)19)5(3)8(12,13)14/h1H,2H2. The van der Waals surface area contributed by atoms with Crippen LogP contribution < -0.4 is 4.74 Å². The van der Waals surface area contributed by atoms with Gasteiger partial charge in [-0.3, -0.25) is 4.79 Å². The maximum atomic E-state index is 12.8. The molecule has 1 heterocycles. The molecule has 0 atom stereocenters. The zero-order chi connectivity index (χ0) is 15.7. The van der Waals surface area contributed by atoms with Crippen molar-refractivity contribution in [1.29, 1.82) is 0 Å². The van der Waals surface area contributed by atoms with Gasteiger partial charge in [-0.1, -0.05) is 0 Å². The summed E-state index contributed by atoms with van der Waals surface area (Å²) in [6, 6.07) is 0.340. The van der Waals surface area contributed by atoms with Gasteiger partial charge in [-0.05, 0) is 17.2 Å². The van der Waals surface area contributed by atoms with Crippen LogP contribution >= 0.6 is 23.2 Å². The highest BCUT2D eigenvalue weighted by atomic mass is 35.5. The van der Waals surface area contributed by atoms with Gasteiger partial charge in [0, 0.05) is 11.9 Å². The monoisotopic (exact) mass is 341 g/mol. The van der Waals surface area contributed by atoms with Crippen LogP contribution in [0.4, 0.5) is 26.3 Å². The smallest absolute Gasteiger partial charge is 0.388 e. The lowest BCUT2D eigenvalue weighted by Crippen LogP contribution is -2.21. The molecule has 20 heavy (non-hydrogen) atoms. The Hall–Kier alpha value is -1.22. The quantitative estimate of drug-likeness (QED) is 0.471. The fourth-order valence-electron chi connectivity index (χ4n) is 1.31. The van der Waals surface area contributed by atoms with E-state index in [0.29, 0.717) is 6.07 Å². The van der Waals surface area contributed by atoms with Gasteiger partial charge >= 0.3 is 12.5 Å². The summed E-state index contributed by atoms with van der Waals surface area (Å²) < 4.78 is 77.6. The number of carbonyl (C=O) groups is 1. The Kier molecular flexibility index (Phi) is 4.75. The van der Waals surface area contributed by atoms with Gasteiger partial charge in [0.25, 0.3) is 5.24 Å². The van der Waals surface area contributed by atoms with E-state index in [4.69, 9.17) is 23.2 Å². The molecule has 0 N–H and O–H groups in total. The summed E-state index contributed by atoms with van der Waals surface area (Å²) >= 11 is 10.1. The first kappa shape index (κ1) is 16.8. The minimum atomic E-state index is -5.19. The first-order valence-electron chi connectivity index (χ1n) is 4.58. The van der Waals surface area contributed by atoms with Gasteiger partial charge in [0.2, 0.25) is 5.88 Å². The maximum Gasteiger partial charge on any atom is 0.574 e. The number of rotatable bonds is 3. The van der Waals surface area contributed by atoms with E-state index < -0.39 is 46.4 Å². The van der Waals surface area contributed by atoms with Crippen LogP contribution in [0.5, 0.6) is 5.88 Å². The number of alkyl halides is 7. The van der Waals surface area contributed by atoms with Crippen molar-refractivity contribution in [2.45, 2.75) is 18.4 Å². The minimum Gasteiger partial charge on any atom is -0.388 e. The molecule has 0 spiro atoms. The SMILES string of the molecule is O=C(Cl)c1nc(OC(F)(F)F)cc(CCl)c1C(F)(F)F. The lowest BCUT2D eigenvalue weighted by Gasteiger charge is -2.16. The van der Waals surface area contributed by atoms with Crippen LogP contribution in [-0.4, -0.2) is 16.6 Å². The number of hydrogen-bond acceptors (Lipinski definition) is 3.